The number of anilines is 1. The molecule has 0 saturated heterocycles. The topological polar surface area (TPSA) is 105 Å². The first-order chi connectivity index (χ1) is 18.0. The van der Waals surface area contributed by atoms with Crippen molar-refractivity contribution in [3.05, 3.63) is 54.1 Å². The van der Waals surface area contributed by atoms with E-state index in [0.29, 0.717) is 23.8 Å². The van der Waals surface area contributed by atoms with Gasteiger partial charge in [0.1, 0.15) is 17.5 Å². The first-order valence-corrected chi connectivity index (χ1v) is 14.8. The van der Waals surface area contributed by atoms with Crippen LogP contribution >= 0.6 is 0 Å². The Morgan fingerprint density at radius 3 is 2.26 bits per heavy atom. The Morgan fingerprint density at radius 1 is 1.03 bits per heavy atom. The van der Waals surface area contributed by atoms with E-state index >= 15 is 0 Å². The second-order valence-electron chi connectivity index (χ2n) is 9.20. The molecule has 0 aliphatic carbocycles. The molecule has 210 valence electrons. The van der Waals surface area contributed by atoms with Crippen molar-refractivity contribution in [2.24, 2.45) is 0 Å². The summed E-state index contributed by atoms with van der Waals surface area (Å²) in [6, 6.07) is 13.5. The number of sulfonamides is 1. The highest BCUT2D eigenvalue weighted by molar-refractivity contribution is 7.92. The monoisotopic (exact) mass is 547 g/mol. The minimum atomic E-state index is -3.63. The number of nitrogens with one attached hydrogen (secondary N) is 1. The van der Waals surface area contributed by atoms with Crippen LogP contribution in [-0.2, 0) is 26.2 Å². The van der Waals surface area contributed by atoms with Gasteiger partial charge in [-0.15, -0.1) is 0 Å². The first-order valence-electron chi connectivity index (χ1n) is 12.9. The molecule has 38 heavy (non-hydrogen) atoms. The van der Waals surface area contributed by atoms with Gasteiger partial charge in [-0.3, -0.25) is 13.9 Å². The number of carbonyl (C=O) groups excluding carboxylic acids is 2. The molecular weight excluding hydrogens is 506 g/mol. The molecule has 0 unspecified atom stereocenters. The van der Waals surface area contributed by atoms with Crippen molar-refractivity contribution >= 4 is 27.5 Å². The maximum absolute atomic E-state index is 13.4. The predicted molar refractivity (Wildman–Crippen MR) is 150 cm³/mol. The van der Waals surface area contributed by atoms with Gasteiger partial charge in [-0.25, -0.2) is 8.42 Å². The van der Waals surface area contributed by atoms with Crippen molar-refractivity contribution < 1.29 is 27.5 Å². The van der Waals surface area contributed by atoms with Gasteiger partial charge in [-0.05, 0) is 63.4 Å². The minimum Gasteiger partial charge on any atom is -0.497 e. The molecule has 0 heterocycles. The molecule has 2 atom stereocenters. The molecule has 2 aromatic carbocycles. The lowest BCUT2D eigenvalue weighted by atomic mass is 10.1. The Hall–Kier alpha value is -3.27. The summed E-state index contributed by atoms with van der Waals surface area (Å²) in [6.07, 6.45) is 2.25. The maximum atomic E-state index is 13.4. The molecule has 0 spiro atoms. The summed E-state index contributed by atoms with van der Waals surface area (Å²) in [5, 5.41) is 2.95. The average molecular weight is 548 g/mol. The average Bonchev–Trinajstić information content (AvgIpc) is 2.89. The third kappa shape index (κ3) is 8.93. The van der Waals surface area contributed by atoms with Crippen LogP contribution in [0, 0.1) is 0 Å². The van der Waals surface area contributed by atoms with E-state index in [1.54, 1.807) is 43.2 Å². The molecule has 0 aromatic heterocycles. The molecule has 0 aliphatic heterocycles. The summed E-state index contributed by atoms with van der Waals surface area (Å²) in [4.78, 5) is 27.9. The standard InChI is InChI=1S/C28H41N3O6S/c1-7-21(3)29-28(33)22(4)30(20-23-15-17-24(36-5)18-16-23)27(32)14-11-19-31(38(6,34)35)25-12-9-10-13-26(25)37-8-2/h9-10,12-13,15-18,21-22H,7-8,11,14,19-20H2,1-6H3,(H,29,33)/t21-,22+/m1/s1. The van der Waals surface area contributed by atoms with Crippen LogP contribution in [0.3, 0.4) is 0 Å². The van der Waals surface area contributed by atoms with Crippen molar-refractivity contribution in [1.82, 2.24) is 10.2 Å². The van der Waals surface area contributed by atoms with E-state index in [1.165, 1.54) is 4.31 Å². The molecule has 0 aliphatic rings. The van der Waals surface area contributed by atoms with Gasteiger partial charge in [0.2, 0.25) is 21.8 Å². The van der Waals surface area contributed by atoms with E-state index in [1.807, 2.05) is 45.0 Å². The predicted octanol–water partition coefficient (Wildman–Crippen LogP) is 3.97. The zero-order valence-corrected chi connectivity index (χ0v) is 24.1. The molecule has 0 fully saturated rings. The second kappa shape index (κ2) is 14.6. The fraction of sp³-hybridized carbons (Fsp3) is 0.500. The van der Waals surface area contributed by atoms with Gasteiger partial charge in [0.05, 0.1) is 25.7 Å². The number of ether oxygens (including phenoxy) is 2. The Morgan fingerprint density at radius 2 is 1.68 bits per heavy atom. The van der Waals surface area contributed by atoms with E-state index < -0.39 is 16.1 Å². The first kappa shape index (κ1) is 31.0. The van der Waals surface area contributed by atoms with E-state index in [9.17, 15) is 18.0 Å². The zero-order valence-electron chi connectivity index (χ0n) is 23.3. The number of hydrogen-bond acceptors (Lipinski definition) is 6. The summed E-state index contributed by atoms with van der Waals surface area (Å²) < 4.78 is 37.4. The van der Waals surface area contributed by atoms with Gasteiger partial charge in [-0.2, -0.15) is 0 Å². The Bertz CT molecular complexity index is 1150. The Labute approximate surface area is 227 Å². The quantitative estimate of drug-likeness (QED) is 0.362. The van der Waals surface area contributed by atoms with Crippen LogP contribution in [0.5, 0.6) is 11.5 Å². The van der Waals surface area contributed by atoms with Gasteiger partial charge in [0.25, 0.3) is 0 Å². The normalized spacial score (nSPS) is 12.8. The van der Waals surface area contributed by atoms with Crippen molar-refractivity contribution in [3.63, 3.8) is 0 Å². The van der Waals surface area contributed by atoms with Crippen molar-refractivity contribution in [2.75, 3.05) is 30.8 Å². The van der Waals surface area contributed by atoms with E-state index in [-0.39, 0.29) is 43.8 Å². The molecule has 0 saturated carbocycles. The summed E-state index contributed by atoms with van der Waals surface area (Å²) in [6.45, 7) is 8.16. The van der Waals surface area contributed by atoms with Crippen molar-refractivity contribution in [1.29, 1.82) is 0 Å². The highest BCUT2D eigenvalue weighted by Crippen LogP contribution is 2.30. The van der Waals surface area contributed by atoms with Crippen LogP contribution in [0.1, 0.15) is 52.5 Å². The number of rotatable bonds is 15. The second-order valence-corrected chi connectivity index (χ2v) is 11.1. The van der Waals surface area contributed by atoms with Crippen LogP contribution in [0.15, 0.2) is 48.5 Å². The van der Waals surface area contributed by atoms with Crippen molar-refractivity contribution in [3.8, 4) is 11.5 Å². The molecule has 2 aromatic rings. The van der Waals surface area contributed by atoms with Crippen LogP contribution in [0.25, 0.3) is 0 Å². The number of carbonyl (C=O) groups is 2. The summed E-state index contributed by atoms with van der Waals surface area (Å²) in [5.41, 5.74) is 1.28. The van der Waals surface area contributed by atoms with Crippen LogP contribution in [0.4, 0.5) is 5.69 Å². The Balaban J connectivity index is 2.21. The molecule has 0 bridgehead atoms. The molecule has 0 radical (unpaired) electrons. The Kier molecular flexibility index (Phi) is 11.9. The smallest absolute Gasteiger partial charge is 0.242 e. The van der Waals surface area contributed by atoms with E-state index in [0.717, 1.165) is 18.2 Å². The van der Waals surface area contributed by atoms with E-state index in [2.05, 4.69) is 5.32 Å². The van der Waals surface area contributed by atoms with Crippen LogP contribution in [0.2, 0.25) is 0 Å². The van der Waals surface area contributed by atoms with Gasteiger partial charge in [0, 0.05) is 25.6 Å². The molecule has 2 rings (SSSR count). The SMILES string of the molecule is CCOc1ccccc1N(CCCC(=O)N(Cc1ccc(OC)cc1)[C@@H](C)C(=O)N[C@H](C)CC)S(C)(=O)=O. The van der Waals surface area contributed by atoms with E-state index in [4.69, 9.17) is 9.47 Å². The third-order valence-corrected chi connectivity index (χ3v) is 7.45. The largest absolute Gasteiger partial charge is 0.497 e. The van der Waals surface area contributed by atoms with Gasteiger partial charge in [0.15, 0.2) is 0 Å². The van der Waals surface area contributed by atoms with Gasteiger partial charge >= 0.3 is 0 Å². The summed E-state index contributed by atoms with van der Waals surface area (Å²) >= 11 is 0. The number of amides is 2. The number of benzene rings is 2. The third-order valence-electron chi connectivity index (χ3n) is 6.27. The fourth-order valence-corrected chi connectivity index (χ4v) is 4.87. The lowest BCUT2D eigenvalue weighted by molar-refractivity contribution is -0.140. The lowest BCUT2D eigenvalue weighted by Crippen LogP contribution is -2.49. The minimum absolute atomic E-state index is 0.0170. The highest BCUT2D eigenvalue weighted by Gasteiger charge is 2.27. The molecular formula is C28H41N3O6S. The molecule has 2 amide bonds. The van der Waals surface area contributed by atoms with Crippen LogP contribution in [-0.4, -0.2) is 63.7 Å². The number of nitrogens with zero attached hydrogens (tertiary/aromatic N) is 2. The lowest BCUT2D eigenvalue weighted by Gasteiger charge is -2.30. The molecule has 10 heteroatoms. The number of para-hydroxylation sites is 2. The number of methoxy groups -OCH3 is 1. The van der Waals surface area contributed by atoms with Gasteiger partial charge in [-0.1, -0.05) is 31.2 Å². The fourth-order valence-electron chi connectivity index (χ4n) is 3.90. The van der Waals surface area contributed by atoms with Crippen LogP contribution < -0.4 is 19.1 Å². The number of hydrogen-bond donors (Lipinski definition) is 1. The summed E-state index contributed by atoms with van der Waals surface area (Å²) in [5.74, 6) is 0.689. The van der Waals surface area contributed by atoms with Gasteiger partial charge < -0.3 is 19.7 Å². The maximum Gasteiger partial charge on any atom is 0.242 e. The molecule has 9 nitrogen and oxygen atoms in total. The van der Waals surface area contributed by atoms with Crippen molar-refractivity contribution in [2.45, 2.75) is 65.6 Å². The highest BCUT2D eigenvalue weighted by atomic mass is 32.2. The summed E-state index contributed by atoms with van der Waals surface area (Å²) in [7, 11) is -2.04. The molecule has 1 N–H and O–H groups in total. The zero-order chi connectivity index (χ0) is 28.3.